The van der Waals surface area contributed by atoms with E-state index in [4.69, 9.17) is 11.5 Å². The summed E-state index contributed by atoms with van der Waals surface area (Å²) in [5.74, 6) is -0.645. The summed E-state index contributed by atoms with van der Waals surface area (Å²) < 4.78 is 26.3. The molecule has 112 valence electrons. The number of hydrogen-bond donors (Lipinski definition) is 2. The van der Waals surface area contributed by atoms with E-state index in [9.17, 15) is 13.2 Å². The Kier molecular flexibility index (Phi) is 5.13. The molecule has 4 N–H and O–H groups in total. The minimum Gasteiger partial charge on any atom is -0.398 e. The Hall–Kier alpha value is -1.60. The number of carbonyl (C=O) groups is 1. The van der Waals surface area contributed by atoms with Crippen molar-refractivity contribution in [2.75, 3.05) is 12.8 Å². The maximum Gasteiger partial charge on any atom is 0.248 e. The standard InChI is InChI=1S/C13H21N3O3S/c1-4-5-9(2)16(3)20(18,19)12-7-6-10(13(15)17)8-11(12)14/h6-9H,4-5,14H2,1-3H3,(H2,15,17). The predicted octanol–water partition coefficient (Wildman–Crippen LogP) is 1.18. The van der Waals surface area contributed by atoms with Crippen LogP contribution in [-0.2, 0) is 10.0 Å². The summed E-state index contributed by atoms with van der Waals surface area (Å²) in [6, 6.07) is 3.84. The van der Waals surface area contributed by atoms with Crippen molar-refractivity contribution in [1.29, 1.82) is 0 Å². The summed E-state index contributed by atoms with van der Waals surface area (Å²) in [7, 11) is -2.15. The Morgan fingerprint density at radius 2 is 2.00 bits per heavy atom. The summed E-state index contributed by atoms with van der Waals surface area (Å²) in [5.41, 5.74) is 11.1. The van der Waals surface area contributed by atoms with Crippen molar-refractivity contribution >= 4 is 21.6 Å². The highest BCUT2D eigenvalue weighted by Gasteiger charge is 2.27. The molecule has 0 aliphatic rings. The molecule has 1 aromatic carbocycles. The molecule has 20 heavy (non-hydrogen) atoms. The van der Waals surface area contributed by atoms with Crippen molar-refractivity contribution in [1.82, 2.24) is 4.31 Å². The molecule has 0 aliphatic heterocycles. The first-order valence-corrected chi connectivity index (χ1v) is 7.83. The van der Waals surface area contributed by atoms with Crippen molar-refractivity contribution in [2.45, 2.75) is 37.6 Å². The highest BCUT2D eigenvalue weighted by molar-refractivity contribution is 7.89. The normalized spacial score (nSPS) is 13.4. The molecule has 0 bridgehead atoms. The molecule has 1 unspecified atom stereocenters. The van der Waals surface area contributed by atoms with Crippen LogP contribution in [0.4, 0.5) is 5.69 Å². The van der Waals surface area contributed by atoms with E-state index in [1.165, 1.54) is 29.6 Å². The van der Waals surface area contributed by atoms with Crippen molar-refractivity contribution < 1.29 is 13.2 Å². The van der Waals surface area contributed by atoms with Gasteiger partial charge in [0.25, 0.3) is 0 Å². The van der Waals surface area contributed by atoms with Gasteiger partial charge in [0.15, 0.2) is 0 Å². The second kappa shape index (κ2) is 6.23. The Balaban J connectivity index is 3.19. The topological polar surface area (TPSA) is 106 Å². The van der Waals surface area contributed by atoms with Gasteiger partial charge in [-0.25, -0.2) is 8.42 Å². The molecular formula is C13H21N3O3S. The summed E-state index contributed by atoms with van der Waals surface area (Å²) >= 11 is 0. The zero-order valence-corrected chi connectivity index (χ0v) is 12.8. The molecule has 0 saturated heterocycles. The first-order chi connectivity index (χ1) is 9.21. The van der Waals surface area contributed by atoms with Crippen molar-refractivity contribution in [2.24, 2.45) is 5.73 Å². The smallest absolute Gasteiger partial charge is 0.248 e. The molecule has 0 aliphatic carbocycles. The fourth-order valence-electron chi connectivity index (χ4n) is 1.93. The van der Waals surface area contributed by atoms with E-state index < -0.39 is 15.9 Å². The molecule has 7 heteroatoms. The maximum absolute atomic E-state index is 12.5. The van der Waals surface area contributed by atoms with E-state index in [0.717, 1.165) is 12.8 Å². The Bertz CT molecular complexity index is 599. The average molecular weight is 299 g/mol. The molecule has 0 radical (unpaired) electrons. The van der Waals surface area contributed by atoms with Gasteiger partial charge in [0.1, 0.15) is 4.90 Å². The van der Waals surface area contributed by atoms with Gasteiger partial charge in [-0.1, -0.05) is 13.3 Å². The molecule has 1 amide bonds. The third kappa shape index (κ3) is 3.29. The van der Waals surface area contributed by atoms with E-state index in [1.807, 2.05) is 13.8 Å². The lowest BCUT2D eigenvalue weighted by molar-refractivity contribution is 0.1000. The highest BCUT2D eigenvalue weighted by atomic mass is 32.2. The molecule has 0 heterocycles. The van der Waals surface area contributed by atoms with E-state index in [0.29, 0.717) is 0 Å². The number of hydrogen-bond acceptors (Lipinski definition) is 4. The number of rotatable bonds is 6. The van der Waals surface area contributed by atoms with Crippen LogP contribution in [0.15, 0.2) is 23.1 Å². The van der Waals surface area contributed by atoms with Crippen molar-refractivity contribution in [3.05, 3.63) is 23.8 Å². The van der Waals surface area contributed by atoms with Gasteiger partial charge in [0.05, 0.1) is 5.69 Å². The molecule has 1 rings (SSSR count). The molecule has 1 aromatic rings. The Morgan fingerprint density at radius 3 is 2.45 bits per heavy atom. The van der Waals surface area contributed by atoms with Gasteiger partial charge in [0.2, 0.25) is 15.9 Å². The molecule has 6 nitrogen and oxygen atoms in total. The van der Waals surface area contributed by atoms with Crippen LogP contribution >= 0.6 is 0 Å². The van der Waals surface area contributed by atoms with Crippen LogP contribution in [-0.4, -0.2) is 31.7 Å². The molecule has 0 aromatic heterocycles. The van der Waals surface area contributed by atoms with Crippen LogP contribution in [0.5, 0.6) is 0 Å². The zero-order valence-electron chi connectivity index (χ0n) is 12.0. The Labute approximate surface area is 119 Å². The van der Waals surface area contributed by atoms with Gasteiger partial charge in [0, 0.05) is 18.7 Å². The van der Waals surface area contributed by atoms with Crippen LogP contribution in [0.1, 0.15) is 37.0 Å². The number of nitrogen functional groups attached to an aromatic ring is 1. The molecule has 1 atom stereocenters. The third-order valence-corrected chi connectivity index (χ3v) is 5.32. The average Bonchev–Trinajstić information content (AvgIpc) is 2.37. The van der Waals surface area contributed by atoms with E-state index in [2.05, 4.69) is 0 Å². The lowest BCUT2D eigenvalue weighted by Crippen LogP contribution is -2.35. The van der Waals surface area contributed by atoms with Gasteiger partial charge in [-0.05, 0) is 31.5 Å². The van der Waals surface area contributed by atoms with Gasteiger partial charge >= 0.3 is 0 Å². The fraction of sp³-hybridized carbons (Fsp3) is 0.462. The zero-order chi connectivity index (χ0) is 15.5. The summed E-state index contributed by atoms with van der Waals surface area (Å²) in [5, 5.41) is 0. The van der Waals surface area contributed by atoms with Crippen molar-refractivity contribution in [3.8, 4) is 0 Å². The number of benzene rings is 1. The fourth-order valence-corrected chi connectivity index (χ4v) is 3.41. The van der Waals surface area contributed by atoms with Gasteiger partial charge < -0.3 is 11.5 Å². The predicted molar refractivity (Wildman–Crippen MR) is 78.7 cm³/mol. The molecular weight excluding hydrogens is 278 g/mol. The second-order valence-corrected chi connectivity index (χ2v) is 6.74. The number of primary amides is 1. The van der Waals surface area contributed by atoms with E-state index >= 15 is 0 Å². The lowest BCUT2D eigenvalue weighted by atomic mass is 10.2. The first kappa shape index (κ1) is 16.5. The number of sulfonamides is 1. The largest absolute Gasteiger partial charge is 0.398 e. The maximum atomic E-state index is 12.5. The number of anilines is 1. The SMILES string of the molecule is CCCC(C)N(C)S(=O)(=O)c1ccc(C(N)=O)cc1N. The number of carbonyl (C=O) groups excluding carboxylic acids is 1. The number of nitrogens with two attached hydrogens (primary N) is 2. The monoisotopic (exact) mass is 299 g/mol. The van der Waals surface area contributed by atoms with Crippen molar-refractivity contribution in [3.63, 3.8) is 0 Å². The summed E-state index contributed by atoms with van der Waals surface area (Å²) in [6.45, 7) is 3.84. The van der Waals surface area contributed by atoms with E-state index in [1.54, 1.807) is 0 Å². The molecule has 0 saturated carbocycles. The van der Waals surface area contributed by atoms with Gasteiger partial charge in [-0.2, -0.15) is 4.31 Å². The van der Waals surface area contributed by atoms with Gasteiger partial charge in [-0.15, -0.1) is 0 Å². The van der Waals surface area contributed by atoms with Crippen LogP contribution in [0.25, 0.3) is 0 Å². The minimum absolute atomic E-state index is 0.00652. The third-order valence-electron chi connectivity index (χ3n) is 3.28. The second-order valence-electron chi connectivity index (χ2n) is 4.78. The molecule has 0 spiro atoms. The van der Waals surface area contributed by atoms with Crippen LogP contribution in [0, 0.1) is 0 Å². The minimum atomic E-state index is -3.68. The lowest BCUT2D eigenvalue weighted by Gasteiger charge is -2.24. The summed E-state index contributed by atoms with van der Waals surface area (Å²) in [4.78, 5) is 11.0. The summed E-state index contributed by atoms with van der Waals surface area (Å²) in [6.07, 6.45) is 1.64. The van der Waals surface area contributed by atoms with Crippen LogP contribution in [0.2, 0.25) is 0 Å². The quantitative estimate of drug-likeness (QED) is 0.769. The first-order valence-electron chi connectivity index (χ1n) is 6.39. The van der Waals surface area contributed by atoms with Crippen LogP contribution < -0.4 is 11.5 Å². The molecule has 0 fully saturated rings. The van der Waals surface area contributed by atoms with Gasteiger partial charge in [-0.3, -0.25) is 4.79 Å². The number of nitrogens with zero attached hydrogens (tertiary/aromatic N) is 1. The number of amides is 1. The Morgan fingerprint density at radius 1 is 1.40 bits per heavy atom. The van der Waals surface area contributed by atoms with Crippen LogP contribution in [0.3, 0.4) is 0 Å². The highest BCUT2D eigenvalue weighted by Crippen LogP contribution is 2.24. The van der Waals surface area contributed by atoms with E-state index in [-0.39, 0.29) is 22.2 Å².